The number of carbonyl (C=O) groups is 2. The Morgan fingerprint density at radius 3 is 2.41 bits per heavy atom. The lowest BCUT2D eigenvalue weighted by Gasteiger charge is -2.29. The van der Waals surface area contributed by atoms with Crippen LogP contribution >= 0.6 is 0 Å². The zero-order valence-electron chi connectivity index (χ0n) is 18.9. The van der Waals surface area contributed by atoms with Gasteiger partial charge in [-0.15, -0.1) is 0 Å². The van der Waals surface area contributed by atoms with E-state index in [9.17, 15) is 27.2 Å². The molecule has 2 fully saturated rings. The summed E-state index contributed by atoms with van der Waals surface area (Å²) in [6, 6.07) is 0.780. The second-order valence-corrected chi connectivity index (χ2v) is 9.66. The van der Waals surface area contributed by atoms with Crippen molar-refractivity contribution >= 4 is 11.9 Å². The van der Waals surface area contributed by atoms with Gasteiger partial charge in [-0.25, -0.2) is 19.2 Å². The van der Waals surface area contributed by atoms with E-state index in [1.165, 1.54) is 11.0 Å². The van der Waals surface area contributed by atoms with Gasteiger partial charge in [-0.2, -0.15) is 13.2 Å². The molecule has 0 radical (unpaired) electrons. The molecule has 4 rings (SSSR count). The maximum Gasteiger partial charge on any atom is 0.451 e. The molecule has 1 aliphatic heterocycles. The van der Waals surface area contributed by atoms with Crippen LogP contribution in [0.3, 0.4) is 0 Å². The molecule has 3 atom stereocenters. The van der Waals surface area contributed by atoms with Crippen LogP contribution in [0.5, 0.6) is 0 Å². The maximum atomic E-state index is 14.4. The van der Waals surface area contributed by atoms with Crippen LogP contribution in [0.1, 0.15) is 45.0 Å². The summed E-state index contributed by atoms with van der Waals surface area (Å²) in [6.07, 6.45) is -1.39. The Hall–Kier alpha value is -3.11. The van der Waals surface area contributed by atoms with Gasteiger partial charge < -0.3 is 4.74 Å². The highest BCUT2D eigenvalue weighted by Crippen LogP contribution is 2.50. The van der Waals surface area contributed by atoms with E-state index in [0.29, 0.717) is 6.54 Å². The fourth-order valence-corrected chi connectivity index (χ4v) is 4.23. The molecule has 0 N–H and O–H groups in total. The SMILES string of the molecule is CC(C)(C)OC(=O)N1CC2C[C@@H]2[C@H]1C(=O)CCc1cc(-c2cnc(C(F)(F)F)nc2)ncc1F. The average Bonchev–Trinajstić information content (AvgIpc) is 3.40. The van der Waals surface area contributed by atoms with Crippen molar-refractivity contribution in [1.29, 1.82) is 0 Å². The van der Waals surface area contributed by atoms with Crippen LogP contribution in [0.25, 0.3) is 11.3 Å². The number of Topliss-reactive ketones (excluding diaryl/α,β-unsaturated/α-hetero) is 1. The van der Waals surface area contributed by atoms with E-state index in [2.05, 4.69) is 15.0 Å². The largest absolute Gasteiger partial charge is 0.451 e. The molecule has 1 unspecified atom stereocenters. The van der Waals surface area contributed by atoms with Crippen LogP contribution in [0.15, 0.2) is 24.7 Å². The van der Waals surface area contributed by atoms with Crippen molar-refractivity contribution in [2.75, 3.05) is 6.54 Å². The number of aryl methyl sites for hydroxylation is 1. The third-order valence-electron chi connectivity index (χ3n) is 5.88. The van der Waals surface area contributed by atoms with Gasteiger partial charge >= 0.3 is 12.3 Å². The molecule has 2 aromatic heterocycles. The summed E-state index contributed by atoms with van der Waals surface area (Å²) < 4.78 is 57.8. The fraction of sp³-hybridized carbons (Fsp3) is 0.522. The van der Waals surface area contributed by atoms with Crippen molar-refractivity contribution in [3.63, 3.8) is 0 Å². The molecule has 1 aliphatic carbocycles. The molecule has 1 amide bonds. The van der Waals surface area contributed by atoms with Gasteiger partial charge in [0.25, 0.3) is 0 Å². The molecule has 3 heterocycles. The third kappa shape index (κ3) is 5.18. The zero-order chi connectivity index (χ0) is 24.8. The number of halogens is 4. The monoisotopic (exact) mass is 480 g/mol. The van der Waals surface area contributed by atoms with Gasteiger partial charge in [0.2, 0.25) is 5.82 Å². The highest BCUT2D eigenvalue weighted by Gasteiger charge is 2.57. The summed E-state index contributed by atoms with van der Waals surface area (Å²) in [5, 5.41) is 0. The van der Waals surface area contributed by atoms with E-state index in [1.807, 2.05) is 0 Å². The van der Waals surface area contributed by atoms with Gasteiger partial charge in [0, 0.05) is 30.9 Å². The van der Waals surface area contributed by atoms with Crippen LogP contribution in [0.4, 0.5) is 22.4 Å². The van der Waals surface area contributed by atoms with Crippen LogP contribution in [0, 0.1) is 17.7 Å². The maximum absolute atomic E-state index is 14.4. The molecular formula is C23H24F4N4O3. The van der Waals surface area contributed by atoms with E-state index in [-0.39, 0.29) is 47.3 Å². The summed E-state index contributed by atoms with van der Waals surface area (Å²) >= 11 is 0. The molecule has 0 aromatic carbocycles. The van der Waals surface area contributed by atoms with Crippen molar-refractivity contribution < 1.29 is 31.9 Å². The topological polar surface area (TPSA) is 85.3 Å². The first-order chi connectivity index (χ1) is 15.8. The number of piperidine rings is 1. The Morgan fingerprint density at radius 2 is 1.79 bits per heavy atom. The number of carbonyl (C=O) groups excluding carboxylic acids is 2. The molecule has 2 aromatic rings. The smallest absolute Gasteiger partial charge is 0.444 e. The van der Waals surface area contributed by atoms with Crippen LogP contribution < -0.4 is 0 Å². The normalized spacial score (nSPS) is 21.9. The number of fused-ring (bicyclic) bond motifs is 1. The number of aromatic nitrogens is 3. The quantitative estimate of drug-likeness (QED) is 0.588. The van der Waals surface area contributed by atoms with Crippen LogP contribution in [-0.2, 0) is 22.1 Å². The molecule has 0 spiro atoms. The number of ether oxygens (including phenoxy) is 1. The van der Waals surface area contributed by atoms with Gasteiger partial charge in [0.05, 0.1) is 17.9 Å². The van der Waals surface area contributed by atoms with E-state index in [0.717, 1.165) is 25.0 Å². The zero-order valence-corrected chi connectivity index (χ0v) is 18.9. The number of nitrogens with zero attached hydrogens (tertiary/aromatic N) is 4. The van der Waals surface area contributed by atoms with Crippen molar-refractivity contribution in [2.24, 2.45) is 11.8 Å². The van der Waals surface area contributed by atoms with Gasteiger partial charge in [0.15, 0.2) is 5.78 Å². The van der Waals surface area contributed by atoms with E-state index >= 15 is 0 Å². The van der Waals surface area contributed by atoms with Crippen molar-refractivity contribution in [2.45, 2.75) is 57.9 Å². The summed E-state index contributed by atoms with van der Waals surface area (Å²) in [5.74, 6) is -1.71. The summed E-state index contributed by atoms with van der Waals surface area (Å²) in [4.78, 5) is 37.5. The van der Waals surface area contributed by atoms with Crippen molar-refractivity contribution in [1.82, 2.24) is 19.9 Å². The van der Waals surface area contributed by atoms with E-state index in [4.69, 9.17) is 4.74 Å². The number of ketones is 1. The highest BCUT2D eigenvalue weighted by atomic mass is 19.4. The first kappa shape index (κ1) is 24.0. The summed E-state index contributed by atoms with van der Waals surface area (Å²) in [6.45, 7) is 5.73. The fourth-order valence-electron chi connectivity index (χ4n) is 4.23. The molecule has 2 aliphatic rings. The molecule has 0 bridgehead atoms. The Bertz CT molecular complexity index is 1100. The lowest BCUT2D eigenvalue weighted by Crippen LogP contribution is -2.45. The minimum atomic E-state index is -4.67. The highest BCUT2D eigenvalue weighted by molar-refractivity contribution is 5.89. The Balaban J connectivity index is 1.45. The van der Waals surface area contributed by atoms with Gasteiger partial charge in [0.1, 0.15) is 11.4 Å². The van der Waals surface area contributed by atoms with E-state index in [1.54, 1.807) is 20.8 Å². The molecule has 182 valence electrons. The standard InChI is InChI=1S/C23H24F4N4O3/c1-22(2,3)34-21(33)31-11-13-6-15(13)19(31)18(32)5-4-12-7-17(28-10-16(12)24)14-8-29-20(30-9-14)23(25,26)27/h7-10,13,15,19H,4-6,11H2,1-3H3/t13?,15-,19-/m0/s1. The molecule has 7 nitrogen and oxygen atoms in total. The minimum Gasteiger partial charge on any atom is -0.444 e. The molecule has 1 saturated carbocycles. The predicted octanol–water partition coefficient (Wildman–Crippen LogP) is 4.45. The summed E-state index contributed by atoms with van der Waals surface area (Å²) in [5.41, 5.74) is -0.118. The number of amides is 1. The lowest BCUT2D eigenvalue weighted by atomic mass is 10.00. The second kappa shape index (κ2) is 8.59. The lowest BCUT2D eigenvalue weighted by molar-refractivity contribution is -0.145. The predicted molar refractivity (Wildman–Crippen MR) is 112 cm³/mol. The molecule has 1 saturated heterocycles. The van der Waals surface area contributed by atoms with Crippen LogP contribution in [0.2, 0.25) is 0 Å². The van der Waals surface area contributed by atoms with Gasteiger partial charge in [-0.3, -0.25) is 14.7 Å². The van der Waals surface area contributed by atoms with Crippen molar-refractivity contribution in [3.05, 3.63) is 41.9 Å². The Morgan fingerprint density at radius 1 is 1.12 bits per heavy atom. The minimum absolute atomic E-state index is 0.00291. The third-order valence-corrected chi connectivity index (χ3v) is 5.88. The second-order valence-electron chi connectivity index (χ2n) is 9.66. The number of hydrogen-bond acceptors (Lipinski definition) is 6. The number of alkyl halides is 3. The first-order valence-electron chi connectivity index (χ1n) is 10.9. The Labute approximate surface area is 193 Å². The Kier molecular flexibility index (Phi) is 6.07. The number of hydrogen-bond donors (Lipinski definition) is 0. The van der Waals surface area contributed by atoms with Crippen molar-refractivity contribution in [3.8, 4) is 11.3 Å². The first-order valence-corrected chi connectivity index (χ1v) is 10.9. The van der Waals surface area contributed by atoms with Crippen LogP contribution in [-0.4, -0.2) is 49.9 Å². The number of rotatable bonds is 5. The average molecular weight is 480 g/mol. The molecule has 11 heteroatoms. The summed E-state index contributed by atoms with van der Waals surface area (Å²) in [7, 11) is 0. The van der Waals surface area contributed by atoms with Gasteiger partial charge in [-0.1, -0.05) is 0 Å². The van der Waals surface area contributed by atoms with E-state index < -0.39 is 35.6 Å². The van der Waals surface area contributed by atoms with Gasteiger partial charge in [-0.05, 0) is 57.1 Å². The number of likely N-dealkylation sites (tertiary alicyclic amines) is 1. The molecule has 34 heavy (non-hydrogen) atoms. The number of pyridine rings is 1. The molecular weight excluding hydrogens is 456 g/mol.